The number of sulfonamides is 1. The number of hydrogen-bond acceptors (Lipinski definition) is 4. The summed E-state index contributed by atoms with van der Waals surface area (Å²) in [6.45, 7) is -0.362. The third-order valence-corrected chi connectivity index (χ3v) is 5.65. The van der Waals surface area contributed by atoms with Gasteiger partial charge in [0.2, 0.25) is 10.0 Å². The first-order valence-electron chi connectivity index (χ1n) is 7.86. The Bertz CT molecular complexity index is 988. The molecular formula is C18H15F3N2O3S. The molecule has 1 aromatic carbocycles. The van der Waals surface area contributed by atoms with Crippen LogP contribution in [0.3, 0.4) is 0 Å². The molecule has 0 radical (unpaired) electrons. The van der Waals surface area contributed by atoms with Crippen LogP contribution < -0.4 is 0 Å². The van der Waals surface area contributed by atoms with E-state index in [4.69, 9.17) is 4.42 Å². The molecule has 9 heteroatoms. The van der Waals surface area contributed by atoms with Gasteiger partial charge in [-0.1, -0.05) is 18.2 Å². The Labute approximate surface area is 154 Å². The van der Waals surface area contributed by atoms with Crippen LogP contribution >= 0.6 is 0 Å². The molecular weight excluding hydrogens is 381 g/mol. The van der Waals surface area contributed by atoms with Gasteiger partial charge in [-0.05, 0) is 35.9 Å². The van der Waals surface area contributed by atoms with E-state index in [1.54, 1.807) is 24.3 Å². The number of halogens is 3. The molecule has 0 fully saturated rings. The van der Waals surface area contributed by atoms with Crippen LogP contribution in [-0.2, 0) is 29.3 Å². The molecule has 0 spiro atoms. The molecule has 0 saturated heterocycles. The van der Waals surface area contributed by atoms with E-state index in [9.17, 15) is 21.6 Å². The highest BCUT2D eigenvalue weighted by atomic mass is 32.2. The van der Waals surface area contributed by atoms with Crippen molar-refractivity contribution in [3.05, 3.63) is 84.1 Å². The molecule has 0 atom stereocenters. The van der Waals surface area contributed by atoms with Crippen LogP contribution in [0, 0.1) is 0 Å². The number of benzene rings is 1. The van der Waals surface area contributed by atoms with Crippen LogP contribution in [0.1, 0.15) is 16.9 Å². The molecule has 3 rings (SSSR count). The Morgan fingerprint density at radius 3 is 2.41 bits per heavy atom. The fourth-order valence-corrected chi connectivity index (χ4v) is 4.17. The second kappa shape index (κ2) is 7.53. The first-order chi connectivity index (χ1) is 12.8. The SMILES string of the molecule is O=S(=O)(c1ccccc1C(F)(F)F)N(Cc1cccnc1)Cc1ccco1. The number of hydrogen-bond donors (Lipinski definition) is 0. The molecule has 2 heterocycles. The maximum Gasteiger partial charge on any atom is 0.417 e. The third kappa shape index (κ3) is 4.37. The zero-order valence-electron chi connectivity index (χ0n) is 13.9. The average Bonchev–Trinajstić information content (AvgIpc) is 3.14. The Kier molecular flexibility index (Phi) is 5.33. The number of nitrogens with zero attached hydrogens (tertiary/aromatic N) is 2. The van der Waals surface area contributed by atoms with Crippen LogP contribution in [-0.4, -0.2) is 17.7 Å². The van der Waals surface area contributed by atoms with Gasteiger partial charge < -0.3 is 4.42 Å². The average molecular weight is 396 g/mol. The molecule has 142 valence electrons. The van der Waals surface area contributed by atoms with Crippen molar-refractivity contribution in [3.8, 4) is 0 Å². The number of rotatable bonds is 6. The normalized spacial score (nSPS) is 12.4. The summed E-state index contributed by atoms with van der Waals surface area (Å²) in [6.07, 6.45) is -0.448. The molecule has 0 aliphatic carbocycles. The minimum atomic E-state index is -4.80. The second-order valence-electron chi connectivity index (χ2n) is 5.71. The summed E-state index contributed by atoms with van der Waals surface area (Å²) in [5.41, 5.74) is -0.669. The van der Waals surface area contributed by atoms with Crippen LogP contribution in [0.2, 0.25) is 0 Å². The minimum absolute atomic E-state index is 0.150. The molecule has 0 aliphatic rings. The fraction of sp³-hybridized carbons (Fsp3) is 0.167. The van der Waals surface area contributed by atoms with Gasteiger partial charge in [0.05, 0.1) is 23.3 Å². The quantitative estimate of drug-likeness (QED) is 0.630. The topological polar surface area (TPSA) is 63.4 Å². The molecule has 0 amide bonds. The molecule has 27 heavy (non-hydrogen) atoms. The van der Waals surface area contributed by atoms with Crippen LogP contribution in [0.15, 0.2) is 76.5 Å². The van der Waals surface area contributed by atoms with Gasteiger partial charge in [0.15, 0.2) is 0 Å². The number of pyridine rings is 1. The lowest BCUT2D eigenvalue weighted by molar-refractivity contribution is -0.139. The molecule has 0 bridgehead atoms. The van der Waals surface area contributed by atoms with Gasteiger partial charge in [-0.25, -0.2) is 8.42 Å². The van der Waals surface area contributed by atoms with E-state index in [0.717, 1.165) is 22.5 Å². The van der Waals surface area contributed by atoms with Crippen molar-refractivity contribution in [1.29, 1.82) is 0 Å². The van der Waals surface area contributed by atoms with Gasteiger partial charge in [0.1, 0.15) is 5.76 Å². The number of alkyl halides is 3. The largest absolute Gasteiger partial charge is 0.468 e. The predicted octanol–water partition coefficient (Wildman–Crippen LogP) is 4.08. The van der Waals surface area contributed by atoms with E-state index < -0.39 is 26.7 Å². The highest BCUT2D eigenvalue weighted by Gasteiger charge is 2.39. The number of furan rings is 1. The summed E-state index contributed by atoms with van der Waals surface area (Å²) in [4.78, 5) is 3.12. The molecule has 0 N–H and O–H groups in total. The molecule has 0 unspecified atom stereocenters. The monoisotopic (exact) mass is 396 g/mol. The van der Waals surface area contributed by atoms with Crippen LogP contribution in [0.5, 0.6) is 0 Å². The molecule has 2 aromatic heterocycles. The van der Waals surface area contributed by atoms with E-state index in [1.807, 2.05) is 0 Å². The van der Waals surface area contributed by atoms with E-state index in [1.165, 1.54) is 24.7 Å². The highest BCUT2D eigenvalue weighted by Crippen LogP contribution is 2.35. The Hall–Kier alpha value is -2.65. The van der Waals surface area contributed by atoms with Crippen molar-refractivity contribution in [1.82, 2.24) is 9.29 Å². The highest BCUT2D eigenvalue weighted by molar-refractivity contribution is 7.89. The second-order valence-corrected chi connectivity index (χ2v) is 7.61. The van der Waals surface area contributed by atoms with Gasteiger partial charge >= 0.3 is 6.18 Å². The van der Waals surface area contributed by atoms with Gasteiger partial charge in [-0.3, -0.25) is 4.98 Å². The molecule has 0 aliphatic heterocycles. The lowest BCUT2D eigenvalue weighted by Crippen LogP contribution is -2.31. The predicted molar refractivity (Wildman–Crippen MR) is 90.8 cm³/mol. The Morgan fingerprint density at radius 2 is 1.78 bits per heavy atom. The number of aromatic nitrogens is 1. The van der Waals surface area contributed by atoms with Crippen molar-refractivity contribution < 1.29 is 26.0 Å². The maximum absolute atomic E-state index is 13.3. The first kappa shape index (κ1) is 19.1. The lowest BCUT2D eigenvalue weighted by atomic mass is 10.2. The smallest absolute Gasteiger partial charge is 0.417 e. The summed E-state index contributed by atoms with van der Waals surface area (Å²) in [6, 6.07) is 10.5. The molecule has 0 saturated carbocycles. The Morgan fingerprint density at radius 1 is 1.00 bits per heavy atom. The summed E-state index contributed by atoms with van der Waals surface area (Å²) in [7, 11) is -4.46. The van der Waals surface area contributed by atoms with E-state index in [2.05, 4.69) is 4.98 Å². The summed E-state index contributed by atoms with van der Waals surface area (Å²) in [5.74, 6) is 0.312. The van der Waals surface area contributed by atoms with Crippen LogP contribution in [0.4, 0.5) is 13.2 Å². The lowest BCUT2D eigenvalue weighted by Gasteiger charge is -2.23. The Balaban J connectivity index is 2.05. The van der Waals surface area contributed by atoms with Gasteiger partial charge in [-0.2, -0.15) is 17.5 Å². The third-order valence-electron chi connectivity index (χ3n) is 3.80. The first-order valence-corrected chi connectivity index (χ1v) is 9.30. The zero-order chi connectivity index (χ0) is 19.5. The maximum atomic E-state index is 13.3. The summed E-state index contributed by atoms with van der Waals surface area (Å²) < 4.78 is 72.3. The zero-order valence-corrected chi connectivity index (χ0v) is 14.7. The molecule has 3 aromatic rings. The fourth-order valence-electron chi connectivity index (χ4n) is 2.56. The van der Waals surface area contributed by atoms with Crippen molar-refractivity contribution in [3.63, 3.8) is 0 Å². The van der Waals surface area contributed by atoms with Crippen molar-refractivity contribution >= 4 is 10.0 Å². The van der Waals surface area contributed by atoms with Gasteiger partial charge in [0, 0.05) is 18.9 Å². The van der Waals surface area contributed by atoms with Crippen LogP contribution in [0.25, 0.3) is 0 Å². The minimum Gasteiger partial charge on any atom is -0.468 e. The standard InChI is InChI=1S/C18H15F3N2O3S/c19-18(20,21)16-7-1-2-8-17(16)27(24,25)23(13-15-6-4-10-26-15)12-14-5-3-9-22-11-14/h1-11H,12-13H2. The van der Waals surface area contributed by atoms with Gasteiger partial charge in [-0.15, -0.1) is 0 Å². The molecule has 5 nitrogen and oxygen atoms in total. The van der Waals surface area contributed by atoms with Gasteiger partial charge in [0.25, 0.3) is 0 Å². The van der Waals surface area contributed by atoms with E-state index in [0.29, 0.717) is 11.3 Å². The summed E-state index contributed by atoms with van der Waals surface area (Å²) >= 11 is 0. The van der Waals surface area contributed by atoms with E-state index in [-0.39, 0.29) is 13.1 Å². The van der Waals surface area contributed by atoms with Crippen molar-refractivity contribution in [2.75, 3.05) is 0 Å². The van der Waals surface area contributed by atoms with Crippen molar-refractivity contribution in [2.45, 2.75) is 24.2 Å². The van der Waals surface area contributed by atoms with Crippen molar-refractivity contribution in [2.24, 2.45) is 0 Å². The summed E-state index contributed by atoms with van der Waals surface area (Å²) in [5, 5.41) is 0. The van der Waals surface area contributed by atoms with E-state index >= 15 is 0 Å².